The first-order chi connectivity index (χ1) is 8.89. The zero-order chi connectivity index (χ0) is 14.2. The minimum Gasteiger partial charge on any atom is -0.481 e. The van der Waals surface area contributed by atoms with Crippen molar-refractivity contribution in [3.63, 3.8) is 0 Å². The van der Waals surface area contributed by atoms with Crippen molar-refractivity contribution in [2.75, 3.05) is 5.32 Å². The van der Waals surface area contributed by atoms with E-state index in [2.05, 4.69) is 5.32 Å². The van der Waals surface area contributed by atoms with Crippen molar-refractivity contribution in [2.45, 2.75) is 13.8 Å². The highest BCUT2D eigenvalue weighted by atomic mass is 16.4. The smallest absolute Gasteiger partial charge is 0.307 e. The lowest BCUT2D eigenvalue weighted by atomic mass is 10.1. The maximum absolute atomic E-state index is 12.1. The van der Waals surface area contributed by atoms with E-state index in [1.807, 2.05) is 6.07 Å². The summed E-state index contributed by atoms with van der Waals surface area (Å²) in [5.41, 5.74) is 0.236. The molecule has 1 aliphatic carbocycles. The third kappa shape index (κ3) is 2.17. The van der Waals surface area contributed by atoms with Gasteiger partial charge in [-0.3, -0.25) is 9.59 Å². The van der Waals surface area contributed by atoms with E-state index in [0.717, 1.165) is 0 Å². The number of carboxylic acids is 1. The summed E-state index contributed by atoms with van der Waals surface area (Å²) in [6.45, 7) is 3.51. The van der Waals surface area contributed by atoms with Crippen LogP contribution in [0.3, 0.4) is 0 Å². The molecule has 0 bridgehead atoms. The number of anilines is 1. The van der Waals surface area contributed by atoms with Crippen molar-refractivity contribution in [1.82, 2.24) is 0 Å². The van der Waals surface area contributed by atoms with Gasteiger partial charge in [0.15, 0.2) is 0 Å². The van der Waals surface area contributed by atoms with E-state index in [1.54, 1.807) is 38.1 Å². The first-order valence-corrected chi connectivity index (χ1v) is 5.92. The molecule has 2 N–H and O–H groups in total. The molecule has 1 amide bonds. The van der Waals surface area contributed by atoms with Gasteiger partial charge in [0.05, 0.1) is 23.1 Å². The van der Waals surface area contributed by atoms with Crippen molar-refractivity contribution in [3.8, 4) is 6.07 Å². The lowest BCUT2D eigenvalue weighted by Gasteiger charge is -2.07. The Labute approximate surface area is 110 Å². The molecule has 1 aliphatic rings. The average molecular weight is 258 g/mol. The number of nitriles is 1. The summed E-state index contributed by atoms with van der Waals surface area (Å²) >= 11 is 0. The molecule has 1 saturated carbocycles. The van der Waals surface area contributed by atoms with Crippen LogP contribution in [0.2, 0.25) is 0 Å². The van der Waals surface area contributed by atoms with Crippen LogP contribution < -0.4 is 5.32 Å². The maximum atomic E-state index is 12.1. The lowest BCUT2D eigenvalue weighted by molar-refractivity contribution is -0.140. The van der Waals surface area contributed by atoms with Crippen LogP contribution in [0.5, 0.6) is 0 Å². The Hall–Kier alpha value is -2.35. The summed E-state index contributed by atoms with van der Waals surface area (Å²) < 4.78 is 0. The number of rotatable bonds is 3. The number of aliphatic carboxylic acids is 1. The molecule has 0 saturated heterocycles. The lowest BCUT2D eigenvalue weighted by Crippen LogP contribution is -2.18. The summed E-state index contributed by atoms with van der Waals surface area (Å²) in [6.07, 6.45) is 0. The fourth-order valence-corrected chi connectivity index (χ4v) is 2.49. The summed E-state index contributed by atoms with van der Waals surface area (Å²) in [5, 5.41) is 20.6. The van der Waals surface area contributed by atoms with Gasteiger partial charge in [-0.1, -0.05) is 26.0 Å². The van der Waals surface area contributed by atoms with Gasteiger partial charge in [0, 0.05) is 0 Å². The van der Waals surface area contributed by atoms with Crippen LogP contribution in [0.15, 0.2) is 24.3 Å². The molecule has 0 aromatic heterocycles. The topological polar surface area (TPSA) is 90.2 Å². The molecule has 5 nitrogen and oxygen atoms in total. The fourth-order valence-electron chi connectivity index (χ4n) is 2.49. The maximum Gasteiger partial charge on any atom is 0.307 e. The van der Waals surface area contributed by atoms with Gasteiger partial charge in [-0.25, -0.2) is 0 Å². The Morgan fingerprint density at radius 3 is 2.47 bits per heavy atom. The monoisotopic (exact) mass is 258 g/mol. The predicted octanol–water partition coefficient (Wildman–Crippen LogP) is 1.85. The van der Waals surface area contributed by atoms with E-state index >= 15 is 0 Å². The van der Waals surface area contributed by atoms with Gasteiger partial charge in [-0.05, 0) is 17.5 Å². The third-order valence-electron chi connectivity index (χ3n) is 3.68. The molecule has 1 aromatic rings. The number of hydrogen-bond donors (Lipinski definition) is 2. The highest BCUT2D eigenvalue weighted by Gasteiger charge is 2.65. The summed E-state index contributed by atoms with van der Waals surface area (Å²) in [6, 6.07) is 8.63. The Morgan fingerprint density at radius 2 is 1.95 bits per heavy atom. The molecular weight excluding hydrogens is 244 g/mol. The molecule has 0 radical (unpaired) electrons. The Bertz CT molecular complexity index is 587. The van der Waals surface area contributed by atoms with Gasteiger partial charge in [0.1, 0.15) is 6.07 Å². The molecule has 19 heavy (non-hydrogen) atoms. The number of nitrogens with zero attached hydrogens (tertiary/aromatic N) is 1. The second-order valence-corrected chi connectivity index (χ2v) is 5.26. The number of benzene rings is 1. The van der Waals surface area contributed by atoms with Crippen LogP contribution in [0, 0.1) is 28.6 Å². The fraction of sp³-hybridized carbons (Fsp3) is 0.357. The molecule has 2 atom stereocenters. The van der Waals surface area contributed by atoms with Crippen molar-refractivity contribution >= 4 is 17.6 Å². The summed E-state index contributed by atoms with van der Waals surface area (Å²) in [7, 11) is 0. The number of hydrogen-bond acceptors (Lipinski definition) is 3. The van der Waals surface area contributed by atoms with Gasteiger partial charge in [0.2, 0.25) is 5.91 Å². The van der Waals surface area contributed by atoms with Crippen LogP contribution >= 0.6 is 0 Å². The number of carbonyl (C=O) groups is 2. The van der Waals surface area contributed by atoms with Gasteiger partial charge >= 0.3 is 5.97 Å². The van der Waals surface area contributed by atoms with Crippen LogP contribution in [0.25, 0.3) is 0 Å². The van der Waals surface area contributed by atoms with Gasteiger partial charge < -0.3 is 10.4 Å². The average Bonchev–Trinajstić information content (AvgIpc) is 2.93. The minimum absolute atomic E-state index is 0.347. The molecule has 0 spiro atoms. The Balaban J connectivity index is 2.16. The number of carboxylic acid groups (broad SMARTS) is 1. The van der Waals surface area contributed by atoms with Crippen molar-refractivity contribution < 1.29 is 14.7 Å². The van der Waals surface area contributed by atoms with Crippen LogP contribution in [0.4, 0.5) is 5.69 Å². The molecule has 0 unspecified atom stereocenters. The molecule has 1 aromatic carbocycles. The van der Waals surface area contributed by atoms with Crippen molar-refractivity contribution in [2.24, 2.45) is 17.3 Å². The second kappa shape index (κ2) is 4.39. The quantitative estimate of drug-likeness (QED) is 0.865. The summed E-state index contributed by atoms with van der Waals surface area (Å²) in [5.74, 6) is -2.53. The zero-order valence-corrected chi connectivity index (χ0v) is 10.7. The number of amides is 1. The normalized spacial score (nSPS) is 23.2. The molecule has 2 rings (SSSR count). The predicted molar refractivity (Wildman–Crippen MR) is 68.2 cm³/mol. The summed E-state index contributed by atoms with van der Waals surface area (Å²) in [4.78, 5) is 23.1. The van der Waals surface area contributed by atoms with E-state index in [1.165, 1.54) is 0 Å². The molecule has 1 fully saturated rings. The van der Waals surface area contributed by atoms with E-state index in [0.29, 0.717) is 11.3 Å². The molecular formula is C14H14N2O3. The SMILES string of the molecule is CC1(C)[C@H](C(=O)O)[C@H]1C(=O)Nc1ccccc1C#N. The number of para-hydroxylation sites is 1. The van der Waals surface area contributed by atoms with Crippen LogP contribution in [-0.4, -0.2) is 17.0 Å². The standard InChI is InChI=1S/C14H14N2O3/c1-14(2)10(11(14)13(18)19)12(17)16-9-6-4-3-5-8(9)7-15/h3-6,10-11H,1-2H3,(H,16,17)(H,18,19)/t10-,11-/m0/s1. The van der Waals surface area contributed by atoms with Crippen LogP contribution in [0.1, 0.15) is 19.4 Å². The van der Waals surface area contributed by atoms with Crippen LogP contribution in [-0.2, 0) is 9.59 Å². The molecule has 0 aliphatic heterocycles. The van der Waals surface area contributed by atoms with E-state index in [-0.39, 0.29) is 5.91 Å². The third-order valence-corrected chi connectivity index (χ3v) is 3.68. The second-order valence-electron chi connectivity index (χ2n) is 5.26. The molecule has 5 heteroatoms. The number of nitrogens with one attached hydrogen (secondary N) is 1. The van der Waals surface area contributed by atoms with Gasteiger partial charge in [-0.2, -0.15) is 5.26 Å². The highest BCUT2D eigenvalue weighted by molar-refractivity contribution is 6.00. The van der Waals surface area contributed by atoms with E-state index < -0.39 is 23.2 Å². The minimum atomic E-state index is -0.960. The van der Waals surface area contributed by atoms with E-state index in [9.17, 15) is 9.59 Å². The first kappa shape index (κ1) is 13.1. The zero-order valence-electron chi connectivity index (χ0n) is 10.7. The van der Waals surface area contributed by atoms with Crippen molar-refractivity contribution in [1.29, 1.82) is 5.26 Å². The van der Waals surface area contributed by atoms with Crippen molar-refractivity contribution in [3.05, 3.63) is 29.8 Å². The Morgan fingerprint density at radius 1 is 1.32 bits per heavy atom. The van der Waals surface area contributed by atoms with Gasteiger partial charge in [0.25, 0.3) is 0 Å². The largest absolute Gasteiger partial charge is 0.481 e. The Kier molecular flexibility index (Phi) is 3.03. The van der Waals surface area contributed by atoms with E-state index in [4.69, 9.17) is 10.4 Å². The first-order valence-electron chi connectivity index (χ1n) is 5.92. The molecule has 0 heterocycles. The molecule has 98 valence electrons. The number of carbonyl (C=O) groups excluding carboxylic acids is 1. The highest BCUT2D eigenvalue weighted by Crippen LogP contribution is 2.58. The van der Waals surface area contributed by atoms with Gasteiger partial charge in [-0.15, -0.1) is 0 Å².